The van der Waals surface area contributed by atoms with E-state index in [1.807, 2.05) is 11.8 Å². The Kier molecular flexibility index (Phi) is 8.53. The smallest absolute Gasteiger partial charge is 0.0912 e. The molecule has 0 spiro atoms. The van der Waals surface area contributed by atoms with Crippen molar-refractivity contribution in [1.82, 2.24) is 10.2 Å². The molecule has 0 amide bonds. The van der Waals surface area contributed by atoms with Crippen molar-refractivity contribution in [3.05, 3.63) is 29.8 Å². The van der Waals surface area contributed by atoms with Gasteiger partial charge in [0.15, 0.2) is 0 Å². The van der Waals surface area contributed by atoms with Crippen LogP contribution in [0.5, 0.6) is 0 Å². The van der Waals surface area contributed by atoms with Gasteiger partial charge in [-0.15, -0.1) is 24.2 Å². The third-order valence-corrected chi connectivity index (χ3v) is 4.44. The van der Waals surface area contributed by atoms with E-state index in [0.29, 0.717) is 6.42 Å². The summed E-state index contributed by atoms with van der Waals surface area (Å²) in [5, 5.41) is 3.35. The lowest BCUT2D eigenvalue weighted by atomic mass is 10.0. The highest BCUT2D eigenvalue weighted by Gasteiger charge is 2.21. The summed E-state index contributed by atoms with van der Waals surface area (Å²) in [5.41, 5.74) is 1.25. The van der Waals surface area contributed by atoms with Gasteiger partial charge in [-0.1, -0.05) is 19.1 Å². The van der Waals surface area contributed by atoms with Crippen LogP contribution in [0.1, 0.15) is 24.9 Å². The highest BCUT2D eigenvalue weighted by Crippen LogP contribution is 2.27. The minimum absolute atomic E-state index is 0. The first kappa shape index (κ1) is 17.8. The van der Waals surface area contributed by atoms with E-state index in [-0.39, 0.29) is 25.1 Å². The Hall–Kier alpha value is -0.290. The summed E-state index contributed by atoms with van der Waals surface area (Å²) in [7, 11) is 0. The van der Waals surface area contributed by atoms with E-state index >= 15 is 0 Å². The third-order valence-electron chi connectivity index (χ3n) is 3.55. The molecule has 1 atom stereocenters. The lowest BCUT2D eigenvalue weighted by molar-refractivity contribution is 0.157. The molecule has 5 heteroatoms. The van der Waals surface area contributed by atoms with Crippen LogP contribution in [0, 0.1) is 0 Å². The van der Waals surface area contributed by atoms with Gasteiger partial charge in [-0.3, -0.25) is 9.29 Å². The molecule has 1 saturated heterocycles. The van der Waals surface area contributed by atoms with Crippen molar-refractivity contribution in [2.75, 3.05) is 38.6 Å². The van der Waals surface area contributed by atoms with E-state index in [0.717, 1.165) is 31.9 Å². The Bertz CT molecular complexity index is 369. The van der Waals surface area contributed by atoms with Crippen LogP contribution in [0.3, 0.4) is 0 Å². The van der Waals surface area contributed by atoms with Gasteiger partial charge in [0.05, 0.1) is 6.67 Å². The van der Waals surface area contributed by atoms with Crippen LogP contribution < -0.4 is 5.32 Å². The molecule has 114 valence electrons. The van der Waals surface area contributed by atoms with Gasteiger partial charge in [0, 0.05) is 37.1 Å². The van der Waals surface area contributed by atoms with E-state index in [1.165, 1.54) is 10.5 Å². The number of nitrogens with one attached hydrogen (secondary N) is 1. The van der Waals surface area contributed by atoms with Gasteiger partial charge in [-0.25, -0.2) is 0 Å². The molecule has 1 aromatic carbocycles. The maximum Gasteiger partial charge on any atom is 0.0912 e. The lowest BCUT2D eigenvalue weighted by Gasteiger charge is -2.35. The molecular formula is C15H24ClFN2S. The molecule has 1 N–H and O–H groups in total. The maximum atomic E-state index is 12.8. The monoisotopic (exact) mass is 318 g/mol. The van der Waals surface area contributed by atoms with Crippen molar-refractivity contribution in [3.8, 4) is 0 Å². The van der Waals surface area contributed by atoms with Crippen LogP contribution in [0.2, 0.25) is 0 Å². The molecule has 0 unspecified atom stereocenters. The number of nitrogens with zero attached hydrogens (tertiary/aromatic N) is 1. The fourth-order valence-electron chi connectivity index (χ4n) is 2.61. The number of thioether (sulfide) groups is 1. The molecule has 2 rings (SSSR count). The van der Waals surface area contributed by atoms with Crippen LogP contribution in [0.4, 0.5) is 4.39 Å². The summed E-state index contributed by atoms with van der Waals surface area (Å²) >= 11 is 1.85. The van der Waals surface area contributed by atoms with E-state index in [4.69, 9.17) is 0 Å². The number of alkyl halides is 1. The highest BCUT2D eigenvalue weighted by molar-refractivity contribution is 7.99. The molecule has 1 aliphatic rings. The molecule has 1 aliphatic heterocycles. The second-order valence-electron chi connectivity index (χ2n) is 4.78. The molecule has 2 nitrogen and oxygen atoms in total. The standard InChI is InChI=1S/C15H23FN2S.ClH/c1-2-19-14-5-3-13(4-6-14)15(7-8-16)18-11-9-17-10-12-18;/h3-6,15,17H,2,7-12H2,1H3;1H/t15-;/m1./s1. The van der Waals surface area contributed by atoms with Crippen molar-refractivity contribution in [2.24, 2.45) is 0 Å². The number of benzene rings is 1. The Balaban J connectivity index is 0.00000200. The Morgan fingerprint density at radius 3 is 2.45 bits per heavy atom. The zero-order chi connectivity index (χ0) is 13.5. The quantitative estimate of drug-likeness (QED) is 0.808. The van der Waals surface area contributed by atoms with Gasteiger partial charge in [0.2, 0.25) is 0 Å². The molecule has 1 aromatic rings. The molecule has 1 heterocycles. The number of hydrogen-bond donors (Lipinski definition) is 1. The van der Waals surface area contributed by atoms with Crippen LogP contribution in [-0.4, -0.2) is 43.5 Å². The minimum Gasteiger partial charge on any atom is -0.314 e. The molecule has 0 radical (unpaired) electrons. The summed E-state index contributed by atoms with van der Waals surface area (Å²) < 4.78 is 12.8. The summed E-state index contributed by atoms with van der Waals surface area (Å²) in [6.45, 7) is 5.94. The predicted molar refractivity (Wildman–Crippen MR) is 87.9 cm³/mol. The van der Waals surface area contributed by atoms with Gasteiger partial charge >= 0.3 is 0 Å². The zero-order valence-electron chi connectivity index (χ0n) is 12.0. The Labute approximate surface area is 131 Å². The van der Waals surface area contributed by atoms with Crippen LogP contribution >= 0.6 is 24.2 Å². The van der Waals surface area contributed by atoms with Crippen molar-refractivity contribution in [2.45, 2.75) is 24.3 Å². The summed E-state index contributed by atoms with van der Waals surface area (Å²) in [6, 6.07) is 8.89. The largest absolute Gasteiger partial charge is 0.314 e. The van der Waals surface area contributed by atoms with E-state index in [9.17, 15) is 4.39 Å². The van der Waals surface area contributed by atoms with Crippen molar-refractivity contribution in [1.29, 1.82) is 0 Å². The van der Waals surface area contributed by atoms with Crippen molar-refractivity contribution < 1.29 is 4.39 Å². The molecule has 0 aromatic heterocycles. The molecule has 0 saturated carbocycles. The molecule has 0 bridgehead atoms. The Morgan fingerprint density at radius 2 is 1.90 bits per heavy atom. The third kappa shape index (κ3) is 4.92. The number of rotatable bonds is 6. The fraction of sp³-hybridized carbons (Fsp3) is 0.600. The number of halogens is 2. The number of hydrogen-bond acceptors (Lipinski definition) is 3. The first-order valence-corrected chi connectivity index (χ1v) is 8.07. The Morgan fingerprint density at radius 1 is 1.25 bits per heavy atom. The normalized spacial score (nSPS) is 17.5. The average Bonchev–Trinajstić information content (AvgIpc) is 2.47. The van der Waals surface area contributed by atoms with Gasteiger partial charge in [-0.05, 0) is 29.9 Å². The highest BCUT2D eigenvalue weighted by atomic mass is 35.5. The van der Waals surface area contributed by atoms with Gasteiger partial charge in [0.1, 0.15) is 0 Å². The summed E-state index contributed by atoms with van der Waals surface area (Å²) in [5.74, 6) is 1.09. The SMILES string of the molecule is CCSc1ccc([C@@H](CCF)N2CCNCC2)cc1.Cl. The minimum atomic E-state index is -0.250. The topological polar surface area (TPSA) is 15.3 Å². The zero-order valence-corrected chi connectivity index (χ0v) is 13.6. The van der Waals surface area contributed by atoms with Gasteiger partial charge in [0.25, 0.3) is 0 Å². The first-order chi connectivity index (χ1) is 9.35. The second-order valence-corrected chi connectivity index (χ2v) is 6.12. The average molecular weight is 319 g/mol. The van der Waals surface area contributed by atoms with Crippen LogP contribution in [0.15, 0.2) is 29.2 Å². The van der Waals surface area contributed by atoms with E-state index in [1.54, 1.807) is 0 Å². The van der Waals surface area contributed by atoms with Crippen LogP contribution in [0.25, 0.3) is 0 Å². The molecule has 0 aliphatic carbocycles. The van der Waals surface area contributed by atoms with E-state index < -0.39 is 0 Å². The first-order valence-electron chi connectivity index (χ1n) is 7.08. The second kappa shape index (κ2) is 9.61. The van der Waals surface area contributed by atoms with Crippen molar-refractivity contribution >= 4 is 24.2 Å². The molecular weight excluding hydrogens is 295 g/mol. The summed E-state index contributed by atoms with van der Waals surface area (Å²) in [6.07, 6.45) is 0.597. The van der Waals surface area contributed by atoms with Gasteiger partial charge < -0.3 is 5.32 Å². The van der Waals surface area contributed by atoms with Crippen molar-refractivity contribution in [3.63, 3.8) is 0 Å². The molecule has 1 fully saturated rings. The number of piperazine rings is 1. The van der Waals surface area contributed by atoms with E-state index in [2.05, 4.69) is 41.4 Å². The lowest BCUT2D eigenvalue weighted by Crippen LogP contribution is -2.45. The van der Waals surface area contributed by atoms with Gasteiger partial charge in [-0.2, -0.15) is 0 Å². The molecule has 20 heavy (non-hydrogen) atoms. The summed E-state index contributed by atoms with van der Waals surface area (Å²) in [4.78, 5) is 3.70. The predicted octanol–water partition coefficient (Wildman–Crippen LogP) is 3.53. The van der Waals surface area contributed by atoms with Crippen LogP contribution in [-0.2, 0) is 0 Å². The maximum absolute atomic E-state index is 12.8. The fourth-order valence-corrected chi connectivity index (χ4v) is 3.27.